The van der Waals surface area contributed by atoms with E-state index < -0.39 is 0 Å². The van der Waals surface area contributed by atoms with Crippen molar-refractivity contribution in [1.29, 1.82) is 0 Å². The molecule has 0 spiro atoms. The Morgan fingerprint density at radius 1 is 1.20 bits per heavy atom. The fraction of sp³-hybridized carbons (Fsp3) is 0.923. The fourth-order valence-corrected chi connectivity index (χ4v) is 2.40. The van der Waals surface area contributed by atoms with Crippen LogP contribution in [0.2, 0.25) is 0 Å². The van der Waals surface area contributed by atoms with E-state index in [1.54, 1.807) is 0 Å². The summed E-state index contributed by atoms with van der Waals surface area (Å²) in [5.74, 6) is 0.464. The summed E-state index contributed by atoms with van der Waals surface area (Å²) in [6, 6.07) is 0. The average Bonchev–Trinajstić information content (AvgIpc) is 2.49. The summed E-state index contributed by atoms with van der Waals surface area (Å²) in [5, 5.41) is 0. The molecule has 0 bridgehead atoms. The van der Waals surface area contributed by atoms with E-state index in [-0.39, 0.29) is 16.8 Å². The van der Waals surface area contributed by atoms with Gasteiger partial charge in [-0.2, -0.15) is 0 Å². The van der Waals surface area contributed by atoms with Crippen molar-refractivity contribution in [3.8, 4) is 0 Å². The van der Waals surface area contributed by atoms with E-state index in [0.29, 0.717) is 18.9 Å². The average molecular weight is 212 g/mol. The lowest BCUT2D eigenvalue weighted by molar-refractivity contribution is -0.144. The van der Waals surface area contributed by atoms with Crippen molar-refractivity contribution in [2.45, 2.75) is 53.9 Å². The van der Waals surface area contributed by atoms with E-state index in [2.05, 4.69) is 34.6 Å². The molecule has 0 saturated heterocycles. The minimum absolute atomic E-state index is 0.0212. The van der Waals surface area contributed by atoms with Gasteiger partial charge < -0.3 is 4.74 Å². The van der Waals surface area contributed by atoms with Crippen LogP contribution in [0.25, 0.3) is 0 Å². The zero-order valence-corrected chi connectivity index (χ0v) is 10.7. The molecule has 1 rings (SSSR count). The Balaban J connectivity index is 2.29. The van der Waals surface area contributed by atoms with Crippen molar-refractivity contribution in [2.75, 3.05) is 6.61 Å². The van der Waals surface area contributed by atoms with Gasteiger partial charge >= 0.3 is 5.97 Å². The lowest BCUT2D eigenvalue weighted by Crippen LogP contribution is -2.08. The summed E-state index contributed by atoms with van der Waals surface area (Å²) in [7, 11) is 0. The molecular formula is C13H24O2. The molecule has 88 valence electrons. The third-order valence-corrected chi connectivity index (χ3v) is 4.45. The molecule has 0 aromatic rings. The highest BCUT2D eigenvalue weighted by atomic mass is 16.5. The number of carbonyl (C=O) groups is 1. The summed E-state index contributed by atoms with van der Waals surface area (Å²) in [6.07, 6.45) is 2.64. The first-order valence-electron chi connectivity index (χ1n) is 5.99. The highest BCUT2D eigenvalue weighted by Crippen LogP contribution is 2.69. The lowest BCUT2D eigenvalue weighted by atomic mass is 10.0. The molecule has 0 aromatic heterocycles. The van der Waals surface area contributed by atoms with E-state index in [9.17, 15) is 4.79 Å². The molecule has 0 N–H and O–H groups in total. The quantitative estimate of drug-likeness (QED) is 0.515. The van der Waals surface area contributed by atoms with E-state index in [0.717, 1.165) is 12.8 Å². The second kappa shape index (κ2) is 4.15. The van der Waals surface area contributed by atoms with Gasteiger partial charge in [-0.25, -0.2) is 0 Å². The second-order valence-electron chi connectivity index (χ2n) is 5.77. The molecule has 0 heterocycles. The summed E-state index contributed by atoms with van der Waals surface area (Å²) in [4.78, 5) is 11.5. The van der Waals surface area contributed by atoms with Gasteiger partial charge in [0.15, 0.2) is 0 Å². The van der Waals surface area contributed by atoms with Gasteiger partial charge in [-0.1, -0.05) is 41.0 Å². The van der Waals surface area contributed by atoms with Crippen molar-refractivity contribution in [2.24, 2.45) is 16.7 Å². The first-order chi connectivity index (χ1) is 6.84. The Kier molecular flexibility index (Phi) is 3.47. The van der Waals surface area contributed by atoms with Crippen LogP contribution in [0, 0.1) is 16.7 Å². The number of ether oxygens (including phenoxy) is 1. The van der Waals surface area contributed by atoms with Crippen LogP contribution in [-0.2, 0) is 9.53 Å². The van der Waals surface area contributed by atoms with Gasteiger partial charge in [-0.05, 0) is 23.2 Å². The van der Waals surface area contributed by atoms with Gasteiger partial charge in [-0.15, -0.1) is 0 Å². The van der Waals surface area contributed by atoms with Crippen LogP contribution in [0.5, 0.6) is 0 Å². The van der Waals surface area contributed by atoms with E-state index in [4.69, 9.17) is 4.74 Å². The number of esters is 1. The molecule has 0 amide bonds. The van der Waals surface area contributed by atoms with Crippen molar-refractivity contribution in [3.63, 3.8) is 0 Å². The Labute approximate surface area is 93.4 Å². The van der Waals surface area contributed by atoms with Gasteiger partial charge in [0, 0.05) is 6.42 Å². The maximum Gasteiger partial charge on any atom is 0.306 e. The number of unbranched alkanes of at least 4 members (excludes halogenated alkanes) is 1. The summed E-state index contributed by atoms with van der Waals surface area (Å²) < 4.78 is 5.18. The predicted molar refractivity (Wildman–Crippen MR) is 61.5 cm³/mol. The van der Waals surface area contributed by atoms with Crippen LogP contribution in [-0.4, -0.2) is 12.6 Å². The molecule has 0 aliphatic heterocycles. The lowest BCUT2D eigenvalue weighted by Gasteiger charge is -2.04. The zero-order chi connectivity index (χ0) is 11.7. The molecule has 1 fully saturated rings. The van der Waals surface area contributed by atoms with Crippen LogP contribution < -0.4 is 0 Å². The van der Waals surface area contributed by atoms with Crippen molar-refractivity contribution >= 4 is 5.97 Å². The fourth-order valence-electron chi connectivity index (χ4n) is 2.40. The Bertz CT molecular complexity index is 227. The van der Waals surface area contributed by atoms with Crippen LogP contribution in [0.3, 0.4) is 0 Å². The first kappa shape index (κ1) is 12.5. The van der Waals surface area contributed by atoms with E-state index in [1.165, 1.54) is 0 Å². The second-order valence-corrected chi connectivity index (χ2v) is 5.77. The van der Waals surface area contributed by atoms with Crippen LogP contribution >= 0.6 is 0 Å². The standard InChI is InChI=1S/C13H24O2/c1-6-7-8-15-11(14)9-10-12(2,3)13(10,4)5/h10H,6-9H2,1-5H3. The van der Waals surface area contributed by atoms with E-state index in [1.807, 2.05) is 0 Å². The molecular weight excluding hydrogens is 188 g/mol. The zero-order valence-electron chi connectivity index (χ0n) is 10.7. The predicted octanol–water partition coefficient (Wildman–Crippen LogP) is 3.40. The molecule has 1 aliphatic rings. The van der Waals surface area contributed by atoms with Gasteiger partial charge in [0.05, 0.1) is 6.61 Å². The van der Waals surface area contributed by atoms with Gasteiger partial charge in [0.2, 0.25) is 0 Å². The normalized spacial score (nSPS) is 22.5. The SMILES string of the molecule is CCCCOC(=O)CC1C(C)(C)C1(C)C. The summed E-state index contributed by atoms with van der Waals surface area (Å²) in [5.41, 5.74) is 0.577. The minimum atomic E-state index is -0.0212. The molecule has 0 aromatic carbocycles. The van der Waals surface area contributed by atoms with Crippen LogP contribution in [0.1, 0.15) is 53.9 Å². The number of rotatable bonds is 5. The monoisotopic (exact) mass is 212 g/mol. The number of hydrogen-bond donors (Lipinski definition) is 0. The largest absolute Gasteiger partial charge is 0.466 e. The van der Waals surface area contributed by atoms with E-state index >= 15 is 0 Å². The van der Waals surface area contributed by atoms with Crippen molar-refractivity contribution in [3.05, 3.63) is 0 Å². The maximum atomic E-state index is 11.5. The number of carbonyl (C=O) groups excluding carboxylic acids is 1. The molecule has 0 atom stereocenters. The van der Waals surface area contributed by atoms with Crippen LogP contribution in [0.4, 0.5) is 0 Å². The topological polar surface area (TPSA) is 26.3 Å². The van der Waals surface area contributed by atoms with Crippen LogP contribution in [0.15, 0.2) is 0 Å². The Morgan fingerprint density at radius 3 is 2.13 bits per heavy atom. The third kappa shape index (κ3) is 2.35. The maximum absolute atomic E-state index is 11.5. The highest BCUT2D eigenvalue weighted by Gasteiger charge is 2.64. The summed E-state index contributed by atoms with van der Waals surface area (Å²) >= 11 is 0. The van der Waals surface area contributed by atoms with Gasteiger partial charge in [0.25, 0.3) is 0 Å². The van der Waals surface area contributed by atoms with Crippen molar-refractivity contribution in [1.82, 2.24) is 0 Å². The Hall–Kier alpha value is -0.530. The molecule has 1 aliphatic carbocycles. The molecule has 0 unspecified atom stereocenters. The van der Waals surface area contributed by atoms with Gasteiger partial charge in [-0.3, -0.25) is 4.79 Å². The minimum Gasteiger partial charge on any atom is -0.466 e. The molecule has 1 saturated carbocycles. The first-order valence-corrected chi connectivity index (χ1v) is 5.99. The Morgan fingerprint density at radius 2 is 1.73 bits per heavy atom. The summed E-state index contributed by atoms with van der Waals surface area (Å²) in [6.45, 7) is 11.6. The smallest absolute Gasteiger partial charge is 0.306 e. The molecule has 0 radical (unpaired) electrons. The molecule has 2 heteroatoms. The molecule has 15 heavy (non-hydrogen) atoms. The van der Waals surface area contributed by atoms with Gasteiger partial charge in [0.1, 0.15) is 0 Å². The molecule has 2 nitrogen and oxygen atoms in total. The number of hydrogen-bond acceptors (Lipinski definition) is 2. The third-order valence-electron chi connectivity index (χ3n) is 4.45. The van der Waals surface area contributed by atoms with Crippen molar-refractivity contribution < 1.29 is 9.53 Å². The highest BCUT2D eigenvalue weighted by molar-refractivity contribution is 5.70.